The molecule has 0 unspecified atom stereocenters. The van der Waals surface area contributed by atoms with Gasteiger partial charge in [-0.1, -0.05) is 30.3 Å². The van der Waals surface area contributed by atoms with Crippen LogP contribution in [-0.4, -0.2) is 25.1 Å². The van der Waals surface area contributed by atoms with Crippen LogP contribution in [0.25, 0.3) is 11.3 Å². The molecule has 0 spiro atoms. The summed E-state index contributed by atoms with van der Waals surface area (Å²) in [5, 5.41) is 3.19. The highest BCUT2D eigenvalue weighted by molar-refractivity contribution is 5.89. The molecule has 0 bridgehead atoms. The van der Waals surface area contributed by atoms with E-state index in [0.29, 0.717) is 18.1 Å². The van der Waals surface area contributed by atoms with E-state index in [2.05, 4.69) is 23.3 Å². The molecule has 5 nitrogen and oxygen atoms in total. The average molecular weight is 362 g/mol. The summed E-state index contributed by atoms with van der Waals surface area (Å²) in [6.07, 6.45) is 0. The Hall–Kier alpha value is -3.34. The van der Waals surface area contributed by atoms with Gasteiger partial charge in [0.25, 0.3) is 0 Å². The lowest BCUT2D eigenvalue weighted by atomic mass is 10.1. The number of benzene rings is 2. The molecule has 0 saturated carbocycles. The number of methoxy groups -OCH3 is 1. The highest BCUT2D eigenvalue weighted by Gasteiger charge is 2.09. The van der Waals surface area contributed by atoms with Crippen molar-refractivity contribution in [1.82, 2.24) is 4.98 Å². The van der Waals surface area contributed by atoms with Gasteiger partial charge in [-0.05, 0) is 36.8 Å². The van der Waals surface area contributed by atoms with Crippen LogP contribution in [0.1, 0.15) is 21.5 Å². The van der Waals surface area contributed by atoms with E-state index in [1.54, 1.807) is 12.1 Å². The lowest BCUT2D eigenvalue weighted by Crippen LogP contribution is -2.04. The number of ether oxygens (including phenoxy) is 2. The summed E-state index contributed by atoms with van der Waals surface area (Å²) in [4.78, 5) is 16.1. The third kappa shape index (κ3) is 4.26. The van der Waals surface area contributed by atoms with Crippen molar-refractivity contribution in [3.63, 3.8) is 0 Å². The third-order valence-electron chi connectivity index (χ3n) is 4.37. The lowest BCUT2D eigenvalue weighted by Gasteiger charge is -2.13. The molecule has 0 fully saturated rings. The van der Waals surface area contributed by atoms with Crippen LogP contribution in [0.5, 0.6) is 5.88 Å². The zero-order valence-electron chi connectivity index (χ0n) is 15.7. The van der Waals surface area contributed by atoms with E-state index in [4.69, 9.17) is 9.47 Å². The molecule has 0 aliphatic carbocycles. The molecule has 138 valence electrons. The predicted octanol–water partition coefficient (Wildman–Crippen LogP) is 4.46. The number of hydrogen-bond donors (Lipinski definition) is 1. The summed E-state index contributed by atoms with van der Waals surface area (Å²) in [6, 6.07) is 18.9. The van der Waals surface area contributed by atoms with Crippen LogP contribution in [0.2, 0.25) is 0 Å². The molecule has 0 aliphatic rings. The van der Waals surface area contributed by atoms with Gasteiger partial charge in [-0.2, -0.15) is 0 Å². The van der Waals surface area contributed by atoms with E-state index in [0.717, 1.165) is 28.1 Å². The number of carbonyl (C=O) groups is 1. The number of hydrogen-bond acceptors (Lipinski definition) is 5. The molecule has 1 aromatic heterocycles. The second kappa shape index (κ2) is 8.36. The Morgan fingerprint density at radius 2 is 1.78 bits per heavy atom. The van der Waals surface area contributed by atoms with Crippen molar-refractivity contribution in [1.29, 1.82) is 0 Å². The maximum atomic E-state index is 11.6. The van der Waals surface area contributed by atoms with Crippen LogP contribution in [0.4, 0.5) is 5.69 Å². The Labute approximate surface area is 159 Å². The number of nitrogens with one attached hydrogen (secondary N) is 1. The van der Waals surface area contributed by atoms with Crippen molar-refractivity contribution in [3.8, 4) is 17.1 Å². The number of esters is 1. The Balaban J connectivity index is 1.77. The molecule has 0 radical (unpaired) electrons. The van der Waals surface area contributed by atoms with Gasteiger partial charge in [-0.15, -0.1) is 0 Å². The minimum absolute atomic E-state index is 0.356. The second-order valence-corrected chi connectivity index (χ2v) is 6.07. The summed E-state index contributed by atoms with van der Waals surface area (Å²) in [5.41, 5.74) is 5.51. The van der Waals surface area contributed by atoms with E-state index in [1.165, 1.54) is 7.11 Å². The number of pyridine rings is 1. The van der Waals surface area contributed by atoms with Crippen molar-refractivity contribution in [2.75, 3.05) is 19.5 Å². The lowest BCUT2D eigenvalue weighted by molar-refractivity contribution is 0.0601. The first-order valence-electron chi connectivity index (χ1n) is 8.67. The first-order chi connectivity index (χ1) is 13.1. The molecule has 3 rings (SSSR count). The molecule has 1 heterocycles. The highest BCUT2D eigenvalue weighted by atomic mass is 16.5. The Bertz CT molecular complexity index is 937. The highest BCUT2D eigenvalue weighted by Crippen LogP contribution is 2.23. The molecule has 0 saturated heterocycles. The minimum Gasteiger partial charge on any atom is -0.473 e. The summed E-state index contributed by atoms with van der Waals surface area (Å²) in [6.45, 7) is 2.49. The molecule has 3 aromatic rings. The summed E-state index contributed by atoms with van der Waals surface area (Å²) < 4.78 is 10.7. The molecule has 5 heteroatoms. The van der Waals surface area contributed by atoms with Crippen LogP contribution in [0.15, 0.2) is 60.7 Å². The zero-order chi connectivity index (χ0) is 19.2. The number of carbonyl (C=O) groups excluding carboxylic acids is 1. The fourth-order valence-electron chi connectivity index (χ4n) is 2.83. The van der Waals surface area contributed by atoms with Crippen LogP contribution in [0.3, 0.4) is 0 Å². The van der Waals surface area contributed by atoms with E-state index in [-0.39, 0.29) is 5.97 Å². The standard InChI is InChI=1S/C22H22N2O3/c1-15-6-4-8-20(23-2)18(15)14-27-21-9-5-7-19(24-21)16-10-12-17(13-11-16)22(25)26-3/h4-13,23H,14H2,1-3H3. The molecular weight excluding hydrogens is 340 g/mol. The number of anilines is 1. The molecular formula is C22H22N2O3. The fraction of sp³-hybridized carbons (Fsp3) is 0.182. The maximum Gasteiger partial charge on any atom is 0.337 e. The van der Waals surface area contributed by atoms with Crippen molar-refractivity contribution < 1.29 is 14.3 Å². The van der Waals surface area contributed by atoms with Crippen LogP contribution in [0, 0.1) is 6.92 Å². The quantitative estimate of drug-likeness (QED) is 0.656. The third-order valence-corrected chi connectivity index (χ3v) is 4.37. The van der Waals surface area contributed by atoms with Gasteiger partial charge >= 0.3 is 5.97 Å². The van der Waals surface area contributed by atoms with E-state index in [9.17, 15) is 4.79 Å². The van der Waals surface area contributed by atoms with E-state index >= 15 is 0 Å². The molecule has 0 amide bonds. The van der Waals surface area contributed by atoms with Crippen LogP contribution >= 0.6 is 0 Å². The SMILES string of the molecule is CNc1cccc(C)c1COc1cccc(-c2ccc(C(=O)OC)cc2)n1. The summed E-state index contributed by atoms with van der Waals surface area (Å²) in [7, 11) is 3.27. The average Bonchev–Trinajstić information content (AvgIpc) is 2.72. The summed E-state index contributed by atoms with van der Waals surface area (Å²) in [5.74, 6) is 0.194. The zero-order valence-corrected chi connectivity index (χ0v) is 15.7. The van der Waals surface area contributed by atoms with Crippen molar-refractivity contribution in [2.45, 2.75) is 13.5 Å². The van der Waals surface area contributed by atoms with E-state index < -0.39 is 0 Å². The topological polar surface area (TPSA) is 60.5 Å². The maximum absolute atomic E-state index is 11.6. The first-order valence-corrected chi connectivity index (χ1v) is 8.67. The minimum atomic E-state index is -0.356. The van der Waals surface area contributed by atoms with Crippen molar-refractivity contribution in [2.24, 2.45) is 0 Å². The molecule has 27 heavy (non-hydrogen) atoms. The monoisotopic (exact) mass is 362 g/mol. The number of rotatable bonds is 6. The normalized spacial score (nSPS) is 10.3. The number of aromatic nitrogens is 1. The van der Waals surface area contributed by atoms with Gasteiger partial charge in [0.15, 0.2) is 0 Å². The van der Waals surface area contributed by atoms with Gasteiger partial charge in [-0.3, -0.25) is 0 Å². The molecule has 2 aromatic carbocycles. The molecule has 0 atom stereocenters. The van der Waals surface area contributed by atoms with Crippen LogP contribution in [-0.2, 0) is 11.3 Å². The van der Waals surface area contributed by atoms with E-state index in [1.807, 2.05) is 49.5 Å². The van der Waals surface area contributed by atoms with Gasteiger partial charge in [0.05, 0.1) is 18.4 Å². The van der Waals surface area contributed by atoms with Crippen molar-refractivity contribution >= 4 is 11.7 Å². The van der Waals surface area contributed by atoms with Gasteiger partial charge in [0, 0.05) is 29.9 Å². The number of aryl methyl sites for hydroxylation is 1. The largest absolute Gasteiger partial charge is 0.473 e. The van der Waals surface area contributed by atoms with Crippen molar-refractivity contribution in [3.05, 3.63) is 77.4 Å². The second-order valence-electron chi connectivity index (χ2n) is 6.07. The first kappa shape index (κ1) is 18.5. The smallest absolute Gasteiger partial charge is 0.337 e. The van der Waals surface area contributed by atoms with Gasteiger partial charge in [-0.25, -0.2) is 9.78 Å². The van der Waals surface area contributed by atoms with Crippen LogP contribution < -0.4 is 10.1 Å². The Morgan fingerprint density at radius 3 is 2.48 bits per heavy atom. The molecule has 0 aliphatic heterocycles. The Morgan fingerprint density at radius 1 is 1.04 bits per heavy atom. The van der Waals surface area contributed by atoms with Gasteiger partial charge < -0.3 is 14.8 Å². The fourth-order valence-corrected chi connectivity index (χ4v) is 2.83. The molecule has 1 N–H and O–H groups in total. The Kier molecular flexibility index (Phi) is 5.71. The van der Waals surface area contributed by atoms with Gasteiger partial charge in [0.1, 0.15) is 6.61 Å². The van der Waals surface area contributed by atoms with Gasteiger partial charge in [0.2, 0.25) is 5.88 Å². The number of nitrogens with zero attached hydrogens (tertiary/aromatic N) is 1. The summed E-state index contributed by atoms with van der Waals surface area (Å²) >= 11 is 0. The predicted molar refractivity (Wildman–Crippen MR) is 106 cm³/mol.